The summed E-state index contributed by atoms with van der Waals surface area (Å²) in [4.78, 5) is 7.31. The second kappa shape index (κ2) is 4.94. The molecule has 0 spiro atoms. The second-order valence-electron chi connectivity index (χ2n) is 5.74. The molecule has 0 radical (unpaired) electrons. The Morgan fingerprint density at radius 1 is 1.47 bits per heavy atom. The maximum atomic E-state index is 5.68. The molecule has 0 aliphatic carbocycles. The number of nitrogens with two attached hydrogens (primary N) is 1. The van der Waals surface area contributed by atoms with Gasteiger partial charge < -0.3 is 15.0 Å². The first-order valence-corrected chi connectivity index (χ1v) is 7.09. The summed E-state index contributed by atoms with van der Waals surface area (Å²) in [6, 6.07) is 4.78. The molecule has 0 amide bonds. The van der Waals surface area contributed by atoms with E-state index in [1.165, 1.54) is 18.7 Å². The molecule has 1 atom stereocenters. The Labute approximate surface area is 114 Å². The fourth-order valence-corrected chi connectivity index (χ4v) is 2.87. The number of nitrogens with zero attached hydrogens (tertiary/aromatic N) is 3. The Morgan fingerprint density at radius 3 is 3.00 bits per heavy atom. The van der Waals surface area contributed by atoms with Gasteiger partial charge in [-0.2, -0.15) is 0 Å². The smallest absolute Gasteiger partial charge is 0.137 e. The van der Waals surface area contributed by atoms with E-state index in [0.29, 0.717) is 18.5 Å². The number of likely N-dealkylation sites (tertiary alicyclic amines) is 1. The lowest BCUT2D eigenvalue weighted by Crippen LogP contribution is -2.27. The van der Waals surface area contributed by atoms with E-state index in [1.807, 2.05) is 0 Å². The summed E-state index contributed by atoms with van der Waals surface area (Å²) in [6.45, 7) is 7.41. The van der Waals surface area contributed by atoms with Gasteiger partial charge in [-0.1, -0.05) is 0 Å². The van der Waals surface area contributed by atoms with Crippen LogP contribution in [0.3, 0.4) is 0 Å². The molecule has 3 heterocycles. The largest absolute Gasteiger partial charge is 0.326 e. The van der Waals surface area contributed by atoms with E-state index in [-0.39, 0.29) is 0 Å². The highest BCUT2D eigenvalue weighted by Crippen LogP contribution is 2.28. The van der Waals surface area contributed by atoms with Gasteiger partial charge in [-0.05, 0) is 44.5 Å². The summed E-state index contributed by atoms with van der Waals surface area (Å²) in [7, 11) is 0. The molecule has 0 aromatic carbocycles. The second-order valence-corrected chi connectivity index (χ2v) is 5.74. The third kappa shape index (κ3) is 2.38. The zero-order valence-corrected chi connectivity index (χ0v) is 11.7. The molecule has 1 saturated heterocycles. The monoisotopic (exact) mass is 258 g/mol. The van der Waals surface area contributed by atoms with E-state index < -0.39 is 0 Å². The minimum Gasteiger partial charge on any atom is -0.326 e. The first kappa shape index (κ1) is 12.6. The first-order valence-electron chi connectivity index (χ1n) is 7.09. The van der Waals surface area contributed by atoms with Gasteiger partial charge in [0, 0.05) is 37.4 Å². The number of hydrogen-bond donors (Lipinski definition) is 1. The minimum absolute atomic E-state index is 0.573. The molecular weight excluding hydrogens is 236 g/mol. The number of pyridine rings is 1. The fourth-order valence-electron chi connectivity index (χ4n) is 2.87. The highest BCUT2D eigenvalue weighted by atomic mass is 15.2. The van der Waals surface area contributed by atoms with Crippen LogP contribution in [-0.4, -0.2) is 33.4 Å². The van der Waals surface area contributed by atoms with Crippen molar-refractivity contribution in [2.75, 3.05) is 13.1 Å². The van der Waals surface area contributed by atoms with Crippen molar-refractivity contribution in [2.24, 2.45) is 5.73 Å². The quantitative estimate of drug-likeness (QED) is 0.916. The van der Waals surface area contributed by atoms with Crippen LogP contribution in [0, 0.1) is 0 Å². The molecule has 19 heavy (non-hydrogen) atoms. The third-order valence-corrected chi connectivity index (χ3v) is 4.15. The number of fused-ring (bicyclic) bond motifs is 1. The number of hydrogen-bond acceptors (Lipinski definition) is 3. The van der Waals surface area contributed by atoms with Gasteiger partial charge >= 0.3 is 0 Å². The Balaban J connectivity index is 1.86. The maximum Gasteiger partial charge on any atom is 0.137 e. The van der Waals surface area contributed by atoms with Crippen molar-refractivity contribution in [2.45, 2.75) is 38.8 Å². The van der Waals surface area contributed by atoms with Crippen molar-refractivity contribution in [1.29, 1.82) is 0 Å². The van der Waals surface area contributed by atoms with Crippen molar-refractivity contribution in [3.05, 3.63) is 35.8 Å². The molecule has 1 aliphatic heterocycles. The molecular formula is C15H22N4. The standard InChI is InChI=1S/C15H22N4/c1-11(2)18-6-4-13(9-18)14-10-19-5-3-12(8-16)7-15(19)17-14/h3,5,7,10-11,13H,4,6,8-9,16H2,1-2H3. The van der Waals surface area contributed by atoms with Crippen LogP contribution in [0.1, 0.15) is 37.4 Å². The van der Waals surface area contributed by atoms with Crippen LogP contribution in [0.25, 0.3) is 5.65 Å². The highest BCUT2D eigenvalue weighted by Gasteiger charge is 2.27. The van der Waals surface area contributed by atoms with Crippen molar-refractivity contribution in [1.82, 2.24) is 14.3 Å². The summed E-state index contributed by atoms with van der Waals surface area (Å²) in [5.74, 6) is 0.573. The first-order chi connectivity index (χ1) is 9.17. The van der Waals surface area contributed by atoms with E-state index in [9.17, 15) is 0 Å². The van der Waals surface area contributed by atoms with Crippen molar-refractivity contribution in [3.8, 4) is 0 Å². The Hall–Kier alpha value is -1.39. The van der Waals surface area contributed by atoms with E-state index in [0.717, 1.165) is 17.8 Å². The van der Waals surface area contributed by atoms with Gasteiger partial charge in [-0.3, -0.25) is 0 Å². The molecule has 0 bridgehead atoms. The highest BCUT2D eigenvalue weighted by molar-refractivity contribution is 5.43. The van der Waals surface area contributed by atoms with Crippen LogP contribution in [0.4, 0.5) is 0 Å². The SMILES string of the molecule is CC(C)N1CCC(c2cn3ccc(CN)cc3n2)C1. The predicted molar refractivity (Wildman–Crippen MR) is 77.2 cm³/mol. The molecule has 2 N–H and O–H groups in total. The molecule has 4 heteroatoms. The molecule has 1 aliphatic rings. The Kier molecular flexibility index (Phi) is 3.29. The van der Waals surface area contributed by atoms with Crippen LogP contribution >= 0.6 is 0 Å². The van der Waals surface area contributed by atoms with Crippen molar-refractivity contribution in [3.63, 3.8) is 0 Å². The summed E-state index contributed by atoms with van der Waals surface area (Å²) >= 11 is 0. The van der Waals surface area contributed by atoms with E-state index in [4.69, 9.17) is 10.7 Å². The molecule has 4 nitrogen and oxygen atoms in total. The van der Waals surface area contributed by atoms with Crippen molar-refractivity contribution >= 4 is 5.65 Å². The zero-order chi connectivity index (χ0) is 13.4. The lowest BCUT2D eigenvalue weighted by molar-refractivity contribution is 0.272. The van der Waals surface area contributed by atoms with Gasteiger partial charge in [-0.15, -0.1) is 0 Å². The van der Waals surface area contributed by atoms with Crippen molar-refractivity contribution < 1.29 is 0 Å². The molecule has 0 saturated carbocycles. The summed E-state index contributed by atoms with van der Waals surface area (Å²) in [5.41, 5.74) is 9.05. The van der Waals surface area contributed by atoms with Gasteiger partial charge in [-0.25, -0.2) is 4.98 Å². The van der Waals surface area contributed by atoms with Gasteiger partial charge in [0.15, 0.2) is 0 Å². The number of rotatable bonds is 3. The maximum absolute atomic E-state index is 5.68. The molecule has 1 unspecified atom stereocenters. The lowest BCUT2D eigenvalue weighted by Gasteiger charge is -2.19. The third-order valence-electron chi connectivity index (χ3n) is 4.15. The molecule has 3 rings (SSSR count). The molecule has 1 fully saturated rings. The van der Waals surface area contributed by atoms with Crippen LogP contribution in [0.2, 0.25) is 0 Å². The van der Waals surface area contributed by atoms with Crippen LogP contribution in [-0.2, 0) is 6.54 Å². The zero-order valence-electron chi connectivity index (χ0n) is 11.7. The minimum atomic E-state index is 0.573. The number of imidazole rings is 1. The summed E-state index contributed by atoms with van der Waals surface area (Å²) in [6.07, 6.45) is 5.44. The molecule has 2 aromatic heterocycles. The van der Waals surface area contributed by atoms with Crippen LogP contribution in [0.5, 0.6) is 0 Å². The normalized spacial score (nSPS) is 20.7. The lowest BCUT2D eigenvalue weighted by atomic mass is 10.1. The summed E-state index contributed by atoms with van der Waals surface area (Å²) < 4.78 is 2.10. The van der Waals surface area contributed by atoms with Gasteiger partial charge in [0.2, 0.25) is 0 Å². The van der Waals surface area contributed by atoms with E-state index >= 15 is 0 Å². The van der Waals surface area contributed by atoms with E-state index in [1.54, 1.807) is 0 Å². The molecule has 2 aromatic rings. The summed E-state index contributed by atoms with van der Waals surface area (Å²) in [5, 5.41) is 0. The predicted octanol–water partition coefficient (Wildman–Crippen LogP) is 1.99. The van der Waals surface area contributed by atoms with Gasteiger partial charge in [0.1, 0.15) is 5.65 Å². The topological polar surface area (TPSA) is 46.6 Å². The van der Waals surface area contributed by atoms with E-state index in [2.05, 4.69) is 47.7 Å². The Morgan fingerprint density at radius 2 is 2.32 bits per heavy atom. The average Bonchev–Trinajstić information content (AvgIpc) is 3.04. The Bertz CT molecular complexity index is 573. The van der Waals surface area contributed by atoms with Crippen LogP contribution in [0.15, 0.2) is 24.5 Å². The number of aromatic nitrogens is 2. The van der Waals surface area contributed by atoms with Gasteiger partial charge in [0.05, 0.1) is 5.69 Å². The van der Waals surface area contributed by atoms with Gasteiger partial charge in [0.25, 0.3) is 0 Å². The van der Waals surface area contributed by atoms with Crippen LogP contribution < -0.4 is 5.73 Å². The molecule has 102 valence electrons. The fraction of sp³-hybridized carbons (Fsp3) is 0.533. The average molecular weight is 258 g/mol.